The fraction of sp³-hybridized carbons (Fsp3) is 0.273. The molecule has 152 valence electrons. The number of nitrogens with one attached hydrogen (secondary N) is 1. The zero-order valence-corrected chi connectivity index (χ0v) is 17.2. The lowest BCUT2D eigenvalue weighted by molar-refractivity contribution is -0.123. The minimum Gasteiger partial charge on any atom is -0.323 e. The average Bonchev–Trinajstić information content (AvgIpc) is 2.78. The number of nitrogens with zero attached hydrogens (tertiary/aromatic N) is 2. The van der Waals surface area contributed by atoms with Crippen molar-refractivity contribution in [3.05, 3.63) is 67.3 Å². The Morgan fingerprint density at radius 1 is 1.10 bits per heavy atom. The van der Waals surface area contributed by atoms with Crippen LogP contribution in [0, 0.1) is 5.92 Å². The maximum absolute atomic E-state index is 12.9. The van der Waals surface area contributed by atoms with Crippen LogP contribution < -0.4 is 10.2 Å². The molecule has 1 aliphatic rings. The van der Waals surface area contributed by atoms with Crippen molar-refractivity contribution < 1.29 is 13.8 Å². The summed E-state index contributed by atoms with van der Waals surface area (Å²) in [6.45, 7) is 4.61. The Balaban J connectivity index is 1.56. The summed E-state index contributed by atoms with van der Waals surface area (Å²) in [6, 6.07) is 16.5. The van der Waals surface area contributed by atoms with Crippen LogP contribution in [0.4, 0.5) is 11.4 Å². The molecular formula is C22H25N3O3S. The van der Waals surface area contributed by atoms with Crippen LogP contribution in [0.2, 0.25) is 0 Å². The molecule has 2 amide bonds. The van der Waals surface area contributed by atoms with E-state index in [0.29, 0.717) is 36.5 Å². The van der Waals surface area contributed by atoms with Crippen molar-refractivity contribution in [2.45, 2.75) is 17.7 Å². The molecule has 0 aliphatic carbocycles. The number of benzene rings is 2. The molecule has 29 heavy (non-hydrogen) atoms. The third-order valence-electron chi connectivity index (χ3n) is 5.02. The van der Waals surface area contributed by atoms with E-state index >= 15 is 0 Å². The summed E-state index contributed by atoms with van der Waals surface area (Å²) in [5.41, 5.74) is 1.51. The van der Waals surface area contributed by atoms with Gasteiger partial charge in [-0.05, 0) is 55.3 Å². The SMILES string of the molecule is C=CC(=O)Nc1ccc(S(=O)N2CCC(C(=O)N(C)c3ccccc3)CC2)cc1. The fourth-order valence-electron chi connectivity index (χ4n) is 3.32. The Morgan fingerprint density at radius 2 is 1.72 bits per heavy atom. The molecule has 7 heteroatoms. The van der Waals surface area contributed by atoms with E-state index in [1.807, 2.05) is 34.6 Å². The van der Waals surface area contributed by atoms with Crippen LogP contribution in [0.3, 0.4) is 0 Å². The summed E-state index contributed by atoms with van der Waals surface area (Å²) >= 11 is 0. The molecule has 2 aromatic carbocycles. The second-order valence-electron chi connectivity index (χ2n) is 6.90. The summed E-state index contributed by atoms with van der Waals surface area (Å²) in [7, 11) is 0.509. The van der Waals surface area contributed by atoms with Gasteiger partial charge in [-0.3, -0.25) is 9.59 Å². The van der Waals surface area contributed by atoms with Gasteiger partial charge in [-0.1, -0.05) is 24.8 Å². The minimum absolute atomic E-state index is 0.0649. The first kappa shape index (κ1) is 21.0. The van der Waals surface area contributed by atoms with Gasteiger partial charge in [-0.2, -0.15) is 0 Å². The highest BCUT2D eigenvalue weighted by molar-refractivity contribution is 7.82. The van der Waals surface area contributed by atoms with Gasteiger partial charge in [-0.25, -0.2) is 8.51 Å². The van der Waals surface area contributed by atoms with Gasteiger partial charge in [0.2, 0.25) is 11.8 Å². The van der Waals surface area contributed by atoms with Crippen LogP contribution in [0.5, 0.6) is 0 Å². The molecule has 0 spiro atoms. The molecule has 3 rings (SSSR count). The highest BCUT2D eigenvalue weighted by Crippen LogP contribution is 2.25. The number of carbonyl (C=O) groups excluding carboxylic acids is 2. The third-order valence-corrected chi connectivity index (χ3v) is 6.53. The molecule has 0 bridgehead atoms. The van der Waals surface area contributed by atoms with E-state index < -0.39 is 11.0 Å². The van der Waals surface area contributed by atoms with Gasteiger partial charge < -0.3 is 10.2 Å². The number of para-hydroxylation sites is 1. The van der Waals surface area contributed by atoms with Crippen molar-refractivity contribution >= 4 is 34.2 Å². The maximum atomic E-state index is 12.9. The quantitative estimate of drug-likeness (QED) is 0.742. The zero-order valence-electron chi connectivity index (χ0n) is 16.4. The van der Waals surface area contributed by atoms with Crippen molar-refractivity contribution in [1.29, 1.82) is 0 Å². The van der Waals surface area contributed by atoms with E-state index in [2.05, 4.69) is 11.9 Å². The van der Waals surface area contributed by atoms with E-state index in [1.54, 1.807) is 36.2 Å². The predicted octanol–water partition coefficient (Wildman–Crippen LogP) is 3.21. The zero-order chi connectivity index (χ0) is 20.8. The van der Waals surface area contributed by atoms with Crippen LogP contribution in [0.25, 0.3) is 0 Å². The largest absolute Gasteiger partial charge is 0.323 e. The molecule has 1 saturated heterocycles. The molecule has 6 nitrogen and oxygen atoms in total. The predicted molar refractivity (Wildman–Crippen MR) is 116 cm³/mol. The van der Waals surface area contributed by atoms with Crippen LogP contribution in [-0.2, 0) is 20.6 Å². The van der Waals surface area contributed by atoms with Crippen molar-refractivity contribution in [3.63, 3.8) is 0 Å². The molecule has 1 N–H and O–H groups in total. The summed E-state index contributed by atoms with van der Waals surface area (Å²) in [5, 5.41) is 2.67. The molecule has 2 aromatic rings. The molecular weight excluding hydrogens is 386 g/mol. The fourth-order valence-corrected chi connectivity index (χ4v) is 4.53. The third kappa shape index (κ3) is 5.19. The standard InChI is InChI=1S/C22H25N3O3S/c1-3-21(26)23-18-9-11-20(12-10-18)29(28)25-15-13-17(14-16-25)22(27)24(2)19-7-5-4-6-8-19/h3-12,17H,1,13-16H2,2H3,(H,23,26). The minimum atomic E-state index is -1.29. The molecule has 1 atom stereocenters. The van der Waals surface area contributed by atoms with E-state index in [9.17, 15) is 13.8 Å². The first-order chi connectivity index (χ1) is 14.0. The second-order valence-corrected chi connectivity index (χ2v) is 8.39. The number of hydrogen-bond acceptors (Lipinski definition) is 3. The first-order valence-electron chi connectivity index (χ1n) is 9.52. The Hall–Kier alpha value is -2.77. The van der Waals surface area contributed by atoms with E-state index in [4.69, 9.17) is 0 Å². The average molecular weight is 412 g/mol. The molecule has 1 fully saturated rings. The number of carbonyl (C=O) groups is 2. The highest BCUT2D eigenvalue weighted by atomic mass is 32.2. The Kier molecular flexibility index (Phi) is 6.95. The number of rotatable bonds is 6. The lowest BCUT2D eigenvalue weighted by atomic mass is 9.96. The van der Waals surface area contributed by atoms with Crippen LogP contribution >= 0.6 is 0 Å². The number of anilines is 2. The van der Waals surface area contributed by atoms with Crippen LogP contribution in [-0.4, -0.2) is 40.5 Å². The first-order valence-corrected chi connectivity index (χ1v) is 10.6. The van der Waals surface area contributed by atoms with E-state index in [1.165, 1.54) is 6.08 Å². The molecule has 0 aromatic heterocycles. The van der Waals surface area contributed by atoms with Crippen molar-refractivity contribution in [3.8, 4) is 0 Å². The molecule has 1 aliphatic heterocycles. The maximum Gasteiger partial charge on any atom is 0.247 e. The lowest BCUT2D eigenvalue weighted by Gasteiger charge is -2.32. The lowest BCUT2D eigenvalue weighted by Crippen LogP contribution is -2.41. The molecule has 0 radical (unpaired) electrons. The number of amides is 2. The Labute approximate surface area is 173 Å². The second kappa shape index (κ2) is 9.62. The topological polar surface area (TPSA) is 69.7 Å². The number of piperidine rings is 1. The van der Waals surface area contributed by atoms with Crippen molar-refractivity contribution in [2.75, 3.05) is 30.4 Å². The monoisotopic (exact) mass is 411 g/mol. The summed E-state index contributed by atoms with van der Waals surface area (Å²) in [5.74, 6) is -0.250. The Bertz CT molecular complexity index is 891. The number of hydrogen-bond donors (Lipinski definition) is 1. The highest BCUT2D eigenvalue weighted by Gasteiger charge is 2.30. The van der Waals surface area contributed by atoms with Crippen molar-refractivity contribution in [1.82, 2.24) is 4.31 Å². The van der Waals surface area contributed by atoms with Gasteiger partial charge in [0.15, 0.2) is 0 Å². The van der Waals surface area contributed by atoms with Crippen molar-refractivity contribution in [2.24, 2.45) is 5.92 Å². The van der Waals surface area contributed by atoms with Gasteiger partial charge in [0.05, 0.1) is 4.90 Å². The van der Waals surface area contributed by atoms with Gasteiger partial charge in [-0.15, -0.1) is 0 Å². The normalized spacial score (nSPS) is 16.0. The molecule has 1 heterocycles. The molecule has 1 unspecified atom stereocenters. The Morgan fingerprint density at radius 3 is 2.31 bits per heavy atom. The van der Waals surface area contributed by atoms with Crippen LogP contribution in [0.15, 0.2) is 72.1 Å². The van der Waals surface area contributed by atoms with Gasteiger partial charge in [0.1, 0.15) is 11.0 Å². The van der Waals surface area contributed by atoms with Gasteiger partial charge in [0, 0.05) is 37.4 Å². The van der Waals surface area contributed by atoms with Gasteiger partial charge >= 0.3 is 0 Å². The summed E-state index contributed by atoms with van der Waals surface area (Å²) in [6.07, 6.45) is 2.55. The van der Waals surface area contributed by atoms with E-state index in [0.717, 1.165) is 5.69 Å². The summed E-state index contributed by atoms with van der Waals surface area (Å²) < 4.78 is 14.8. The van der Waals surface area contributed by atoms with E-state index in [-0.39, 0.29) is 17.7 Å². The molecule has 0 saturated carbocycles. The van der Waals surface area contributed by atoms with Crippen LogP contribution in [0.1, 0.15) is 12.8 Å². The van der Waals surface area contributed by atoms with Gasteiger partial charge in [0.25, 0.3) is 0 Å². The smallest absolute Gasteiger partial charge is 0.247 e. The summed E-state index contributed by atoms with van der Waals surface area (Å²) in [4.78, 5) is 26.5.